The lowest BCUT2D eigenvalue weighted by Crippen LogP contribution is -2.19. The molecule has 0 N–H and O–H groups in total. The van der Waals surface area contributed by atoms with Crippen LogP contribution in [0.1, 0.15) is 102 Å². The second-order valence-corrected chi connectivity index (χ2v) is 10.7. The second-order valence-electron chi connectivity index (χ2n) is 9.67. The Bertz CT molecular complexity index is 1100. The maximum absolute atomic E-state index is 10.2. The van der Waals surface area contributed by atoms with Crippen molar-refractivity contribution in [2.75, 3.05) is 25.2 Å². The largest absolute Gasteiger partial charge is 0.491 e. The summed E-state index contributed by atoms with van der Waals surface area (Å²) in [6, 6.07) is 12.8. The van der Waals surface area contributed by atoms with E-state index in [1.807, 2.05) is 19.2 Å². The molecular formula is C31H41N3O2S. The molecule has 37 heavy (non-hydrogen) atoms. The SMILES string of the molecule is CCCCCCCCOc1c(C#N)c(C#N)c(OCCCCCCCC)c2c1Sc1ccccc1N2C. The molecule has 0 amide bonds. The molecule has 2 aromatic carbocycles. The third-order valence-electron chi connectivity index (χ3n) is 6.83. The molecule has 0 aliphatic carbocycles. The molecule has 6 heteroatoms. The van der Waals surface area contributed by atoms with Gasteiger partial charge in [-0.1, -0.05) is 102 Å². The summed E-state index contributed by atoms with van der Waals surface area (Å²) in [5.74, 6) is 1.01. The molecule has 0 atom stereocenters. The van der Waals surface area contributed by atoms with Gasteiger partial charge in [0.2, 0.25) is 0 Å². The molecule has 198 valence electrons. The molecule has 0 aromatic heterocycles. The van der Waals surface area contributed by atoms with Gasteiger partial charge >= 0.3 is 0 Å². The summed E-state index contributed by atoms with van der Waals surface area (Å²) in [5.41, 5.74) is 2.44. The molecular weight excluding hydrogens is 478 g/mol. The van der Waals surface area contributed by atoms with Crippen LogP contribution in [0, 0.1) is 22.7 Å². The maximum atomic E-state index is 10.2. The van der Waals surface area contributed by atoms with E-state index in [1.54, 1.807) is 11.8 Å². The second kappa shape index (κ2) is 15.4. The summed E-state index contributed by atoms with van der Waals surface area (Å²) in [5, 5.41) is 20.3. The Morgan fingerprint density at radius 3 is 1.84 bits per heavy atom. The molecule has 0 saturated carbocycles. The number of hydrogen-bond donors (Lipinski definition) is 0. The van der Waals surface area contributed by atoms with E-state index in [4.69, 9.17) is 9.47 Å². The van der Waals surface area contributed by atoms with Crippen LogP contribution >= 0.6 is 11.8 Å². The van der Waals surface area contributed by atoms with Gasteiger partial charge in [0.05, 0.1) is 23.8 Å². The summed E-state index contributed by atoms with van der Waals surface area (Å²) in [7, 11) is 2.00. The summed E-state index contributed by atoms with van der Waals surface area (Å²) in [6.07, 6.45) is 13.9. The van der Waals surface area contributed by atoms with Crippen molar-refractivity contribution in [1.29, 1.82) is 10.5 Å². The number of ether oxygens (including phenoxy) is 2. The molecule has 1 aliphatic heterocycles. The van der Waals surface area contributed by atoms with Gasteiger partial charge in [-0.15, -0.1) is 0 Å². The minimum absolute atomic E-state index is 0.275. The van der Waals surface area contributed by atoms with Crippen LogP contribution in [0.2, 0.25) is 0 Å². The first-order valence-corrected chi connectivity index (χ1v) is 14.8. The molecule has 0 unspecified atom stereocenters. The number of nitriles is 2. The fourth-order valence-electron chi connectivity index (χ4n) is 4.72. The van der Waals surface area contributed by atoms with Gasteiger partial charge in [0.1, 0.15) is 29.0 Å². The lowest BCUT2D eigenvalue weighted by molar-refractivity contribution is 0.289. The van der Waals surface area contributed by atoms with Crippen molar-refractivity contribution in [3.8, 4) is 23.6 Å². The Balaban J connectivity index is 1.89. The van der Waals surface area contributed by atoms with Crippen molar-refractivity contribution in [1.82, 2.24) is 0 Å². The van der Waals surface area contributed by atoms with Crippen LogP contribution in [0.3, 0.4) is 0 Å². The minimum atomic E-state index is 0.275. The monoisotopic (exact) mass is 519 g/mol. The first-order chi connectivity index (χ1) is 18.2. The number of anilines is 2. The van der Waals surface area contributed by atoms with Gasteiger partial charge in [-0.3, -0.25) is 0 Å². The van der Waals surface area contributed by atoms with Crippen molar-refractivity contribution in [2.45, 2.75) is 101 Å². The lowest BCUT2D eigenvalue weighted by atomic mass is 10.0. The van der Waals surface area contributed by atoms with Crippen LogP contribution in [0.5, 0.6) is 11.5 Å². The van der Waals surface area contributed by atoms with Crippen molar-refractivity contribution >= 4 is 23.1 Å². The van der Waals surface area contributed by atoms with Gasteiger partial charge in [0, 0.05) is 11.9 Å². The molecule has 5 nitrogen and oxygen atoms in total. The van der Waals surface area contributed by atoms with E-state index < -0.39 is 0 Å². The Morgan fingerprint density at radius 1 is 0.730 bits per heavy atom. The average Bonchev–Trinajstić information content (AvgIpc) is 2.92. The molecule has 3 rings (SSSR count). The molecule has 2 aromatic rings. The van der Waals surface area contributed by atoms with Crippen LogP contribution in [0.15, 0.2) is 34.1 Å². The highest BCUT2D eigenvalue weighted by Crippen LogP contribution is 2.57. The Hall–Kier alpha value is -2.83. The van der Waals surface area contributed by atoms with E-state index in [9.17, 15) is 10.5 Å². The van der Waals surface area contributed by atoms with Crippen LogP contribution in [0.4, 0.5) is 11.4 Å². The number of benzene rings is 2. The Kier molecular flexibility index (Phi) is 12.0. The van der Waals surface area contributed by atoms with Crippen LogP contribution in [-0.4, -0.2) is 20.3 Å². The third-order valence-corrected chi connectivity index (χ3v) is 7.97. The van der Waals surface area contributed by atoms with Gasteiger partial charge in [-0.05, 0) is 25.0 Å². The van der Waals surface area contributed by atoms with Gasteiger partial charge in [0.15, 0.2) is 11.5 Å². The Labute approximate surface area is 227 Å². The van der Waals surface area contributed by atoms with Gasteiger partial charge < -0.3 is 14.4 Å². The van der Waals surface area contributed by atoms with Crippen molar-refractivity contribution in [3.05, 3.63) is 35.4 Å². The maximum Gasteiger partial charge on any atom is 0.163 e. The highest BCUT2D eigenvalue weighted by molar-refractivity contribution is 7.99. The topological polar surface area (TPSA) is 69.3 Å². The summed E-state index contributed by atoms with van der Waals surface area (Å²) >= 11 is 1.60. The fourth-order valence-corrected chi connectivity index (χ4v) is 5.98. The smallest absolute Gasteiger partial charge is 0.163 e. The summed E-state index contributed by atoms with van der Waals surface area (Å²) < 4.78 is 12.6. The van der Waals surface area contributed by atoms with Crippen molar-refractivity contribution in [3.63, 3.8) is 0 Å². The zero-order chi connectivity index (χ0) is 26.5. The molecule has 0 spiro atoms. The van der Waals surface area contributed by atoms with Crippen molar-refractivity contribution < 1.29 is 9.47 Å². The zero-order valence-electron chi connectivity index (χ0n) is 22.8. The van der Waals surface area contributed by atoms with Gasteiger partial charge in [-0.2, -0.15) is 10.5 Å². The quantitative estimate of drug-likeness (QED) is 0.206. The highest BCUT2D eigenvalue weighted by Gasteiger charge is 2.33. The van der Waals surface area contributed by atoms with Gasteiger partial charge in [0.25, 0.3) is 0 Å². The van der Waals surface area contributed by atoms with E-state index >= 15 is 0 Å². The van der Waals surface area contributed by atoms with E-state index in [0.717, 1.165) is 46.8 Å². The standard InChI is InChI=1S/C31H41N3O2S/c1-4-6-8-10-12-16-20-35-29-24(22-32)25(23-33)30(36-21-17-13-11-9-7-5-2)31-28(29)34(3)26-18-14-15-19-27(26)37-31/h14-15,18-19H,4-13,16-17,20-21H2,1-3H3. The molecule has 0 fully saturated rings. The van der Waals surface area contributed by atoms with E-state index in [-0.39, 0.29) is 11.1 Å². The molecule has 0 bridgehead atoms. The summed E-state index contributed by atoms with van der Waals surface area (Å²) in [4.78, 5) is 4.04. The van der Waals surface area contributed by atoms with Crippen LogP contribution < -0.4 is 14.4 Å². The molecule has 1 aliphatic rings. The van der Waals surface area contributed by atoms with Gasteiger partial charge in [-0.25, -0.2) is 0 Å². The lowest BCUT2D eigenvalue weighted by Gasteiger charge is -2.33. The molecule has 0 radical (unpaired) electrons. The predicted octanol–water partition coefficient (Wildman–Crippen LogP) is 9.14. The summed E-state index contributed by atoms with van der Waals surface area (Å²) in [6.45, 7) is 5.49. The van der Waals surface area contributed by atoms with E-state index in [2.05, 4.69) is 43.0 Å². The number of para-hydroxylation sites is 1. The third kappa shape index (κ3) is 7.36. The fraction of sp³-hybridized carbons (Fsp3) is 0.548. The number of hydrogen-bond acceptors (Lipinski definition) is 6. The van der Waals surface area contributed by atoms with Crippen LogP contribution in [-0.2, 0) is 0 Å². The van der Waals surface area contributed by atoms with E-state index in [0.29, 0.717) is 24.7 Å². The normalized spacial score (nSPS) is 11.9. The highest BCUT2D eigenvalue weighted by atomic mass is 32.2. The number of rotatable bonds is 16. The number of fused-ring (bicyclic) bond motifs is 2. The average molecular weight is 520 g/mol. The van der Waals surface area contributed by atoms with Crippen LogP contribution in [0.25, 0.3) is 0 Å². The number of unbranched alkanes of at least 4 members (excludes halogenated alkanes) is 10. The zero-order valence-corrected chi connectivity index (χ0v) is 23.6. The Morgan fingerprint density at radius 2 is 1.24 bits per heavy atom. The number of nitrogens with zero attached hydrogens (tertiary/aromatic N) is 3. The molecule has 0 saturated heterocycles. The predicted molar refractivity (Wildman–Crippen MR) is 152 cm³/mol. The first kappa shape index (κ1) is 28.7. The van der Waals surface area contributed by atoms with Crippen molar-refractivity contribution in [2.24, 2.45) is 0 Å². The first-order valence-electron chi connectivity index (χ1n) is 14.0. The molecule has 1 heterocycles. The minimum Gasteiger partial charge on any atom is -0.491 e. The van der Waals surface area contributed by atoms with E-state index in [1.165, 1.54) is 51.4 Å².